The third kappa shape index (κ3) is 4.07. The Morgan fingerprint density at radius 3 is 2.65 bits per heavy atom. The number of aliphatic hydroxyl groups is 1. The summed E-state index contributed by atoms with van der Waals surface area (Å²) in [5.74, 6) is 1.50. The highest BCUT2D eigenvalue weighted by Gasteiger charge is 2.38. The first-order valence-electron chi connectivity index (χ1n) is 8.30. The quantitative estimate of drug-likeness (QED) is 0.855. The van der Waals surface area contributed by atoms with Crippen molar-refractivity contribution >= 4 is 16.9 Å². The molecule has 0 atom stereocenters. The third-order valence-electron chi connectivity index (χ3n) is 3.56. The summed E-state index contributed by atoms with van der Waals surface area (Å²) in [6.45, 7) is 9.77. The third-order valence-corrected chi connectivity index (χ3v) is 3.56. The van der Waals surface area contributed by atoms with E-state index in [1.165, 1.54) is 6.33 Å². The molecule has 0 unspecified atom stereocenters. The van der Waals surface area contributed by atoms with Gasteiger partial charge in [-0.1, -0.05) is 27.2 Å². The van der Waals surface area contributed by atoms with Crippen LogP contribution in [0.2, 0.25) is 0 Å². The zero-order chi connectivity index (χ0) is 16.9. The van der Waals surface area contributed by atoms with E-state index in [0.29, 0.717) is 19.7 Å². The van der Waals surface area contributed by atoms with Gasteiger partial charge in [-0.3, -0.25) is 0 Å². The maximum atomic E-state index is 9.86. The van der Waals surface area contributed by atoms with Crippen molar-refractivity contribution in [1.29, 1.82) is 0 Å². The molecular weight excluding hydrogens is 292 g/mol. The molecule has 1 aliphatic rings. The standard InChI is InChI=1S/C15H20N4O2.C2H6/c1-3-4-5-21-11-6-12-13(16-7-11)14(18-10-17-12)19-8-15(2,20)9-19;1-2/h6-7,10,20H,3-5,8-9H2,1-2H3;1-2H3. The van der Waals surface area contributed by atoms with Gasteiger partial charge in [0.2, 0.25) is 0 Å². The second kappa shape index (κ2) is 7.55. The van der Waals surface area contributed by atoms with Crippen molar-refractivity contribution in [3.63, 3.8) is 0 Å². The summed E-state index contributed by atoms with van der Waals surface area (Å²) in [5, 5.41) is 9.86. The van der Waals surface area contributed by atoms with Crippen LogP contribution in [0.1, 0.15) is 40.5 Å². The second-order valence-corrected chi connectivity index (χ2v) is 5.79. The Morgan fingerprint density at radius 1 is 1.26 bits per heavy atom. The topological polar surface area (TPSA) is 71.4 Å². The van der Waals surface area contributed by atoms with Crippen LogP contribution in [0.4, 0.5) is 5.82 Å². The van der Waals surface area contributed by atoms with Crippen LogP contribution in [0.5, 0.6) is 5.75 Å². The fraction of sp³-hybridized carbons (Fsp3) is 0.588. The van der Waals surface area contributed by atoms with Gasteiger partial charge in [0.1, 0.15) is 17.6 Å². The Bertz CT molecular complexity index is 638. The van der Waals surface area contributed by atoms with Crippen LogP contribution in [-0.4, -0.2) is 45.4 Å². The largest absolute Gasteiger partial charge is 0.492 e. The monoisotopic (exact) mass is 318 g/mol. The van der Waals surface area contributed by atoms with E-state index in [0.717, 1.165) is 35.4 Å². The van der Waals surface area contributed by atoms with Crippen molar-refractivity contribution in [3.05, 3.63) is 18.6 Å². The molecule has 2 aromatic rings. The molecule has 3 rings (SSSR count). The lowest BCUT2D eigenvalue weighted by molar-refractivity contribution is 0.0307. The van der Waals surface area contributed by atoms with Gasteiger partial charge in [-0.25, -0.2) is 15.0 Å². The molecule has 1 fully saturated rings. The summed E-state index contributed by atoms with van der Waals surface area (Å²) in [7, 11) is 0. The van der Waals surface area contributed by atoms with Gasteiger partial charge in [0.05, 0.1) is 23.9 Å². The zero-order valence-electron chi connectivity index (χ0n) is 14.4. The number of nitrogens with zero attached hydrogens (tertiary/aromatic N) is 4. The van der Waals surface area contributed by atoms with Crippen LogP contribution in [0.15, 0.2) is 18.6 Å². The fourth-order valence-corrected chi connectivity index (χ4v) is 2.48. The summed E-state index contributed by atoms with van der Waals surface area (Å²) in [6, 6.07) is 1.89. The predicted molar refractivity (Wildman–Crippen MR) is 91.9 cm³/mol. The Morgan fingerprint density at radius 2 is 2.00 bits per heavy atom. The molecule has 1 saturated heterocycles. The van der Waals surface area contributed by atoms with E-state index in [4.69, 9.17) is 4.74 Å². The molecule has 6 nitrogen and oxygen atoms in total. The highest BCUT2D eigenvalue weighted by molar-refractivity contribution is 5.86. The first kappa shape index (κ1) is 17.4. The molecule has 1 N–H and O–H groups in total. The van der Waals surface area contributed by atoms with E-state index in [1.807, 2.05) is 31.7 Å². The Balaban J connectivity index is 0.000000924. The number of hydrogen-bond acceptors (Lipinski definition) is 6. The normalized spacial score (nSPS) is 15.6. The maximum Gasteiger partial charge on any atom is 0.158 e. The van der Waals surface area contributed by atoms with Crippen LogP contribution >= 0.6 is 0 Å². The molecule has 0 saturated carbocycles. The lowest BCUT2D eigenvalue weighted by atomic mass is 9.97. The molecule has 0 aromatic carbocycles. The number of aromatic nitrogens is 3. The summed E-state index contributed by atoms with van der Waals surface area (Å²) in [5.41, 5.74) is 0.872. The number of unbranched alkanes of at least 4 members (excludes halogenated alkanes) is 1. The molecule has 6 heteroatoms. The molecule has 1 aliphatic heterocycles. The first-order valence-corrected chi connectivity index (χ1v) is 8.30. The Hall–Kier alpha value is -1.95. The fourth-order valence-electron chi connectivity index (χ4n) is 2.48. The van der Waals surface area contributed by atoms with E-state index < -0.39 is 5.60 Å². The van der Waals surface area contributed by atoms with Crippen molar-refractivity contribution in [2.45, 2.75) is 46.1 Å². The summed E-state index contributed by atoms with van der Waals surface area (Å²) in [6.07, 6.45) is 5.36. The number of ether oxygens (including phenoxy) is 1. The predicted octanol–water partition coefficient (Wildman–Crippen LogP) is 2.80. The van der Waals surface area contributed by atoms with Crippen molar-refractivity contribution < 1.29 is 9.84 Å². The van der Waals surface area contributed by atoms with Gasteiger partial charge >= 0.3 is 0 Å². The van der Waals surface area contributed by atoms with E-state index in [1.54, 1.807) is 6.20 Å². The molecule has 3 heterocycles. The lowest BCUT2D eigenvalue weighted by Crippen LogP contribution is -2.60. The summed E-state index contributed by atoms with van der Waals surface area (Å²) >= 11 is 0. The SMILES string of the molecule is CC.CCCCOc1cnc2c(N3CC(C)(O)C3)ncnc2c1. The molecule has 126 valence electrons. The number of pyridine rings is 1. The molecular formula is C17H26N4O2. The highest BCUT2D eigenvalue weighted by atomic mass is 16.5. The Labute approximate surface area is 137 Å². The van der Waals surface area contributed by atoms with Crippen molar-refractivity contribution in [3.8, 4) is 5.75 Å². The van der Waals surface area contributed by atoms with Crippen LogP contribution in [0.3, 0.4) is 0 Å². The van der Waals surface area contributed by atoms with Gasteiger partial charge in [0, 0.05) is 19.2 Å². The van der Waals surface area contributed by atoms with E-state index >= 15 is 0 Å². The minimum absolute atomic E-state index is 0.565. The summed E-state index contributed by atoms with van der Waals surface area (Å²) < 4.78 is 5.65. The average molecular weight is 318 g/mol. The molecule has 0 spiro atoms. The van der Waals surface area contributed by atoms with Gasteiger partial charge < -0.3 is 14.7 Å². The first-order chi connectivity index (χ1) is 11.1. The van der Waals surface area contributed by atoms with Crippen molar-refractivity contribution in [2.24, 2.45) is 0 Å². The van der Waals surface area contributed by atoms with Gasteiger partial charge in [-0.05, 0) is 13.3 Å². The number of fused-ring (bicyclic) bond motifs is 1. The number of hydrogen-bond donors (Lipinski definition) is 1. The smallest absolute Gasteiger partial charge is 0.158 e. The van der Waals surface area contributed by atoms with Crippen LogP contribution in [-0.2, 0) is 0 Å². The Kier molecular flexibility index (Phi) is 5.71. The molecule has 0 amide bonds. The van der Waals surface area contributed by atoms with E-state index in [9.17, 15) is 5.11 Å². The molecule has 0 radical (unpaired) electrons. The summed E-state index contributed by atoms with van der Waals surface area (Å²) in [4.78, 5) is 15.0. The van der Waals surface area contributed by atoms with Gasteiger partial charge in [-0.2, -0.15) is 0 Å². The van der Waals surface area contributed by atoms with Crippen molar-refractivity contribution in [1.82, 2.24) is 15.0 Å². The van der Waals surface area contributed by atoms with Gasteiger partial charge in [0.15, 0.2) is 5.82 Å². The minimum atomic E-state index is -0.638. The van der Waals surface area contributed by atoms with Crippen molar-refractivity contribution in [2.75, 3.05) is 24.6 Å². The highest BCUT2D eigenvalue weighted by Crippen LogP contribution is 2.30. The molecule has 0 aliphatic carbocycles. The molecule has 0 bridgehead atoms. The number of rotatable bonds is 5. The lowest BCUT2D eigenvalue weighted by Gasteiger charge is -2.44. The van der Waals surface area contributed by atoms with Crippen LogP contribution < -0.4 is 9.64 Å². The van der Waals surface area contributed by atoms with Crippen LogP contribution in [0, 0.1) is 0 Å². The average Bonchev–Trinajstić information content (AvgIpc) is 2.54. The van der Waals surface area contributed by atoms with Gasteiger partial charge in [-0.15, -0.1) is 0 Å². The van der Waals surface area contributed by atoms with E-state index in [-0.39, 0.29) is 0 Å². The number of anilines is 1. The molecule has 23 heavy (non-hydrogen) atoms. The van der Waals surface area contributed by atoms with Crippen LogP contribution in [0.25, 0.3) is 11.0 Å². The number of β-amino-alcohol motifs (C(OH)–C–C–N with tert-alkyl or cyclic N) is 1. The maximum absolute atomic E-state index is 9.86. The molecule has 2 aromatic heterocycles. The second-order valence-electron chi connectivity index (χ2n) is 5.79. The zero-order valence-corrected chi connectivity index (χ0v) is 14.4. The van der Waals surface area contributed by atoms with E-state index in [2.05, 4.69) is 21.9 Å². The van der Waals surface area contributed by atoms with Gasteiger partial charge in [0.25, 0.3) is 0 Å². The minimum Gasteiger partial charge on any atom is -0.492 e.